The van der Waals surface area contributed by atoms with Crippen LogP contribution in [0.5, 0.6) is 11.5 Å². The lowest BCUT2D eigenvalue weighted by atomic mass is 9.78. The van der Waals surface area contributed by atoms with E-state index >= 15 is 0 Å². The average molecular weight is 754 g/mol. The lowest BCUT2D eigenvalue weighted by Gasteiger charge is -2.26. The molecule has 6 aromatic carbocycles. The highest BCUT2D eigenvalue weighted by Gasteiger charge is 2.37. The Balaban J connectivity index is 0.00000270. The number of aryl methyl sites for hydroxylation is 1. The number of hydrogen-bond donors (Lipinski definition) is 0. The minimum absolute atomic E-state index is 0.199. The van der Waals surface area contributed by atoms with Gasteiger partial charge in [-0.3, -0.25) is 19.2 Å². The van der Waals surface area contributed by atoms with Crippen molar-refractivity contribution in [2.24, 2.45) is 0 Å². The number of benzene rings is 6. The molecule has 57 heavy (non-hydrogen) atoms. The summed E-state index contributed by atoms with van der Waals surface area (Å²) in [5, 5.41) is 0. The van der Waals surface area contributed by atoms with Gasteiger partial charge >= 0.3 is 0 Å². The minimum Gasteiger partial charge on any atom is -0.457 e. The zero-order valence-corrected chi connectivity index (χ0v) is 33.6. The summed E-state index contributed by atoms with van der Waals surface area (Å²) in [6.45, 7) is 17.5. The SMILES string of the molecule is C=C(c1ccc(C(C)=O)c(C(C)=O)c1)c1ccc2c(c1)C(=O)N(c1ccc(Cc3ccc(C(C)(C)c4ccc(Oc5ccc(C)cc5)cc4)cc3)cc1)C2=O.CC. The maximum atomic E-state index is 13.7. The van der Waals surface area contributed by atoms with Gasteiger partial charge in [-0.1, -0.05) is 119 Å². The van der Waals surface area contributed by atoms with Crippen LogP contribution in [0.2, 0.25) is 0 Å². The Morgan fingerprint density at radius 2 is 1.07 bits per heavy atom. The number of rotatable bonds is 11. The van der Waals surface area contributed by atoms with E-state index in [0.717, 1.165) is 22.6 Å². The van der Waals surface area contributed by atoms with E-state index in [2.05, 4.69) is 63.7 Å². The van der Waals surface area contributed by atoms with Gasteiger partial charge in [-0.15, -0.1) is 0 Å². The molecule has 1 aliphatic rings. The van der Waals surface area contributed by atoms with Crippen molar-refractivity contribution in [2.75, 3.05) is 4.90 Å². The van der Waals surface area contributed by atoms with E-state index in [4.69, 9.17) is 4.74 Å². The third-order valence-corrected chi connectivity index (χ3v) is 10.5. The Labute approximate surface area is 335 Å². The maximum Gasteiger partial charge on any atom is 0.266 e. The Hall–Kier alpha value is -6.66. The molecule has 6 heteroatoms. The van der Waals surface area contributed by atoms with E-state index in [1.165, 1.54) is 35.4 Å². The lowest BCUT2D eigenvalue weighted by molar-refractivity contribution is 0.0924. The molecule has 7 rings (SSSR count). The van der Waals surface area contributed by atoms with Gasteiger partial charge < -0.3 is 4.74 Å². The number of hydrogen-bond acceptors (Lipinski definition) is 5. The van der Waals surface area contributed by atoms with Crippen LogP contribution in [-0.2, 0) is 11.8 Å². The first-order valence-electron chi connectivity index (χ1n) is 19.2. The highest BCUT2D eigenvalue weighted by atomic mass is 16.5. The van der Waals surface area contributed by atoms with E-state index in [1.54, 1.807) is 48.5 Å². The zero-order valence-electron chi connectivity index (χ0n) is 33.6. The van der Waals surface area contributed by atoms with Crippen molar-refractivity contribution < 1.29 is 23.9 Å². The molecule has 1 heterocycles. The first-order valence-corrected chi connectivity index (χ1v) is 19.2. The number of Topliss-reactive ketones (excluding diaryl/α,β-unsaturated/α-hetero) is 2. The molecule has 0 bridgehead atoms. The number of fused-ring (bicyclic) bond motifs is 1. The normalized spacial score (nSPS) is 12.1. The van der Waals surface area contributed by atoms with Gasteiger partial charge in [0.1, 0.15) is 11.5 Å². The number of nitrogens with zero attached hydrogens (tertiary/aromatic N) is 1. The van der Waals surface area contributed by atoms with Crippen LogP contribution in [0.4, 0.5) is 5.69 Å². The second-order valence-electron chi connectivity index (χ2n) is 14.7. The predicted octanol–water partition coefficient (Wildman–Crippen LogP) is 12.0. The fourth-order valence-electron chi connectivity index (χ4n) is 7.05. The Bertz CT molecular complexity index is 2490. The van der Waals surface area contributed by atoms with Crippen molar-refractivity contribution in [3.05, 3.63) is 201 Å². The molecule has 0 aromatic heterocycles. The molecular formula is C51H47NO5. The number of imide groups is 1. The largest absolute Gasteiger partial charge is 0.457 e. The predicted molar refractivity (Wildman–Crippen MR) is 229 cm³/mol. The van der Waals surface area contributed by atoms with E-state index in [1.807, 2.05) is 62.4 Å². The fraction of sp³-hybridized carbons (Fsp3) is 0.176. The minimum atomic E-state index is -0.412. The number of carbonyl (C=O) groups is 4. The molecule has 0 saturated heterocycles. The summed E-state index contributed by atoms with van der Waals surface area (Å²) in [5.41, 5.74) is 9.17. The highest BCUT2D eigenvalue weighted by Crippen LogP contribution is 2.35. The number of carbonyl (C=O) groups excluding carboxylic acids is 4. The molecule has 0 atom stereocenters. The van der Waals surface area contributed by atoms with Crippen molar-refractivity contribution in [2.45, 2.75) is 60.3 Å². The molecule has 0 unspecified atom stereocenters. The van der Waals surface area contributed by atoms with Crippen LogP contribution < -0.4 is 9.64 Å². The Morgan fingerprint density at radius 3 is 1.63 bits per heavy atom. The van der Waals surface area contributed by atoms with Crippen LogP contribution >= 0.6 is 0 Å². The Morgan fingerprint density at radius 1 is 0.596 bits per heavy atom. The molecule has 1 aliphatic heterocycles. The molecule has 0 N–H and O–H groups in total. The van der Waals surface area contributed by atoms with Gasteiger partial charge in [0.05, 0.1) is 16.8 Å². The van der Waals surface area contributed by atoms with Gasteiger partial charge in [0.15, 0.2) is 11.6 Å². The van der Waals surface area contributed by atoms with Crippen LogP contribution in [0.15, 0.2) is 140 Å². The molecule has 2 amide bonds. The molecule has 0 saturated carbocycles. The summed E-state index contributed by atoms with van der Waals surface area (Å²) in [7, 11) is 0. The van der Waals surface area contributed by atoms with Crippen LogP contribution in [0.1, 0.15) is 122 Å². The first-order chi connectivity index (χ1) is 27.3. The van der Waals surface area contributed by atoms with Gasteiger partial charge in [0, 0.05) is 16.5 Å². The van der Waals surface area contributed by atoms with Crippen molar-refractivity contribution >= 4 is 34.6 Å². The summed E-state index contributed by atoms with van der Waals surface area (Å²) in [4.78, 5) is 52.7. The molecule has 0 fully saturated rings. The average Bonchev–Trinajstić information content (AvgIpc) is 3.47. The van der Waals surface area contributed by atoms with Gasteiger partial charge in [-0.05, 0) is 121 Å². The number of ketones is 2. The quantitative estimate of drug-likeness (QED) is 0.0972. The third kappa shape index (κ3) is 8.31. The van der Waals surface area contributed by atoms with Crippen molar-refractivity contribution in [1.29, 1.82) is 0 Å². The second kappa shape index (κ2) is 16.6. The molecule has 6 nitrogen and oxygen atoms in total. The summed E-state index contributed by atoms with van der Waals surface area (Å²) < 4.78 is 6.03. The van der Waals surface area contributed by atoms with Crippen LogP contribution in [0.3, 0.4) is 0 Å². The monoisotopic (exact) mass is 753 g/mol. The summed E-state index contributed by atoms with van der Waals surface area (Å²) in [6, 6.07) is 42.5. The molecular weight excluding hydrogens is 707 g/mol. The van der Waals surface area contributed by atoms with Gasteiger partial charge in [0.25, 0.3) is 11.8 Å². The van der Waals surface area contributed by atoms with Gasteiger partial charge in [-0.25, -0.2) is 4.90 Å². The standard InChI is InChI=1S/C49H41NO5.C2H6/c1-30-7-21-41(22-8-30)55-42-23-17-39(18-24-42)49(5,6)38-15-9-34(10-16-38)27-35-11-19-40(20-12-35)50-47(53)44-26-14-37(29-46(44)48(50)54)31(2)36-13-25-43(32(3)51)45(28-36)33(4)52;1-2/h7-26,28-29H,2,27H2,1,3-6H3;1-2H3. The van der Waals surface area contributed by atoms with Crippen molar-refractivity contribution in [3.8, 4) is 11.5 Å². The molecule has 0 aliphatic carbocycles. The second-order valence-corrected chi connectivity index (χ2v) is 14.7. The first kappa shape index (κ1) is 40.0. The topological polar surface area (TPSA) is 80.8 Å². The summed E-state index contributed by atoms with van der Waals surface area (Å²) in [6.07, 6.45) is 0.693. The molecule has 0 radical (unpaired) electrons. The van der Waals surface area contributed by atoms with Crippen LogP contribution in [0, 0.1) is 6.92 Å². The molecule has 286 valence electrons. The van der Waals surface area contributed by atoms with Crippen LogP contribution in [-0.4, -0.2) is 23.4 Å². The van der Waals surface area contributed by atoms with Gasteiger partial charge in [-0.2, -0.15) is 0 Å². The van der Waals surface area contributed by atoms with Crippen molar-refractivity contribution in [1.82, 2.24) is 0 Å². The Kier molecular flexibility index (Phi) is 11.7. The lowest BCUT2D eigenvalue weighted by Crippen LogP contribution is -2.29. The van der Waals surface area contributed by atoms with E-state index in [9.17, 15) is 19.2 Å². The number of anilines is 1. The summed E-state index contributed by atoms with van der Waals surface area (Å²) in [5.74, 6) is 0.384. The fourth-order valence-corrected chi connectivity index (χ4v) is 7.05. The number of ether oxygens (including phenoxy) is 1. The number of amides is 2. The van der Waals surface area contributed by atoms with Crippen molar-refractivity contribution in [3.63, 3.8) is 0 Å². The highest BCUT2D eigenvalue weighted by molar-refractivity contribution is 6.34. The van der Waals surface area contributed by atoms with E-state index in [-0.39, 0.29) is 28.5 Å². The summed E-state index contributed by atoms with van der Waals surface area (Å²) >= 11 is 0. The third-order valence-electron chi connectivity index (χ3n) is 10.5. The molecule has 6 aromatic rings. The van der Waals surface area contributed by atoms with Crippen LogP contribution in [0.25, 0.3) is 5.57 Å². The van der Waals surface area contributed by atoms with E-state index in [0.29, 0.717) is 45.5 Å². The smallest absolute Gasteiger partial charge is 0.266 e. The van der Waals surface area contributed by atoms with E-state index < -0.39 is 5.91 Å². The van der Waals surface area contributed by atoms with Gasteiger partial charge in [0.2, 0.25) is 0 Å². The zero-order chi connectivity index (χ0) is 41.0. The molecule has 0 spiro atoms. The maximum absolute atomic E-state index is 13.7.